The molecule has 2 aliphatic rings. The van der Waals surface area contributed by atoms with Crippen LogP contribution in [0.25, 0.3) is 0 Å². The molecule has 0 spiro atoms. The molecule has 2 N–H and O–H groups in total. The minimum atomic E-state index is 0.214. The number of carbonyl (C=O) groups excluding carboxylic acids is 1. The van der Waals surface area contributed by atoms with Gasteiger partial charge in [-0.25, -0.2) is 0 Å². The zero-order valence-electron chi connectivity index (χ0n) is 9.64. The lowest BCUT2D eigenvalue weighted by atomic mass is 10.0. The van der Waals surface area contributed by atoms with Crippen LogP contribution in [0.2, 0.25) is 0 Å². The average molecular weight is 210 g/mol. The summed E-state index contributed by atoms with van der Waals surface area (Å²) in [6, 6.07) is 0.503. The Morgan fingerprint density at radius 1 is 1.40 bits per heavy atom. The van der Waals surface area contributed by atoms with Gasteiger partial charge >= 0.3 is 0 Å². The van der Waals surface area contributed by atoms with E-state index in [9.17, 15) is 4.79 Å². The molecule has 0 aliphatic heterocycles. The summed E-state index contributed by atoms with van der Waals surface area (Å²) >= 11 is 0. The van der Waals surface area contributed by atoms with Crippen molar-refractivity contribution in [3.05, 3.63) is 0 Å². The molecule has 0 aromatic rings. The molecule has 0 radical (unpaired) electrons. The zero-order valence-corrected chi connectivity index (χ0v) is 9.64. The molecule has 0 heterocycles. The van der Waals surface area contributed by atoms with Crippen molar-refractivity contribution in [3.63, 3.8) is 0 Å². The van der Waals surface area contributed by atoms with E-state index in [0.29, 0.717) is 17.9 Å². The summed E-state index contributed by atoms with van der Waals surface area (Å²) in [4.78, 5) is 11.4. The molecule has 0 aromatic carbocycles. The molecule has 15 heavy (non-hydrogen) atoms. The molecule has 0 aromatic heterocycles. The summed E-state index contributed by atoms with van der Waals surface area (Å²) < 4.78 is 0. The average Bonchev–Trinajstić information content (AvgIpc) is 3.09. The lowest BCUT2D eigenvalue weighted by Gasteiger charge is -2.13. The first-order chi connectivity index (χ1) is 7.24. The maximum Gasteiger partial charge on any atom is 0.221 e. The second-order valence-electron chi connectivity index (χ2n) is 5.12. The van der Waals surface area contributed by atoms with Gasteiger partial charge in [0, 0.05) is 25.6 Å². The van der Waals surface area contributed by atoms with Crippen molar-refractivity contribution in [2.75, 3.05) is 13.1 Å². The van der Waals surface area contributed by atoms with Crippen molar-refractivity contribution in [3.8, 4) is 0 Å². The first-order valence-corrected chi connectivity index (χ1v) is 6.24. The Labute approximate surface area is 92.0 Å². The van der Waals surface area contributed by atoms with Crippen LogP contribution in [0.15, 0.2) is 0 Å². The van der Waals surface area contributed by atoms with Crippen LogP contribution in [0.4, 0.5) is 0 Å². The van der Waals surface area contributed by atoms with E-state index in [1.54, 1.807) is 0 Å². The highest BCUT2D eigenvalue weighted by Crippen LogP contribution is 2.47. The Morgan fingerprint density at radius 2 is 2.13 bits per heavy atom. The van der Waals surface area contributed by atoms with Crippen LogP contribution in [0.1, 0.15) is 45.4 Å². The quantitative estimate of drug-likeness (QED) is 0.624. The molecule has 3 nitrogen and oxygen atoms in total. The molecule has 2 fully saturated rings. The molecular weight excluding hydrogens is 188 g/mol. The van der Waals surface area contributed by atoms with Gasteiger partial charge in [-0.05, 0) is 37.5 Å². The SMILES string of the molecule is CCC1(CNCCC(=O)NC2CC2)CC1. The highest BCUT2D eigenvalue weighted by atomic mass is 16.1. The fourth-order valence-corrected chi connectivity index (χ4v) is 1.92. The predicted octanol–water partition coefficient (Wildman–Crippen LogP) is 1.43. The van der Waals surface area contributed by atoms with Gasteiger partial charge in [-0.3, -0.25) is 4.79 Å². The third-order valence-electron chi connectivity index (χ3n) is 3.68. The fraction of sp³-hybridized carbons (Fsp3) is 0.917. The van der Waals surface area contributed by atoms with Crippen molar-refractivity contribution in [2.24, 2.45) is 5.41 Å². The van der Waals surface area contributed by atoms with Gasteiger partial charge in [0.15, 0.2) is 0 Å². The zero-order chi connectivity index (χ0) is 10.7. The first kappa shape index (κ1) is 10.9. The van der Waals surface area contributed by atoms with Crippen molar-refractivity contribution in [1.29, 1.82) is 0 Å². The van der Waals surface area contributed by atoms with Gasteiger partial charge in [0.1, 0.15) is 0 Å². The van der Waals surface area contributed by atoms with E-state index in [0.717, 1.165) is 13.1 Å². The number of nitrogens with one attached hydrogen (secondary N) is 2. The number of amides is 1. The summed E-state index contributed by atoms with van der Waals surface area (Å²) in [6.45, 7) is 4.19. The maximum atomic E-state index is 11.4. The van der Waals surface area contributed by atoms with E-state index in [1.165, 1.54) is 32.1 Å². The van der Waals surface area contributed by atoms with Crippen molar-refractivity contribution >= 4 is 5.91 Å². The van der Waals surface area contributed by atoms with Crippen LogP contribution in [0, 0.1) is 5.41 Å². The van der Waals surface area contributed by atoms with Gasteiger partial charge in [-0.15, -0.1) is 0 Å². The molecule has 86 valence electrons. The largest absolute Gasteiger partial charge is 0.353 e. The van der Waals surface area contributed by atoms with E-state index < -0.39 is 0 Å². The molecule has 2 aliphatic carbocycles. The molecule has 0 unspecified atom stereocenters. The highest BCUT2D eigenvalue weighted by molar-refractivity contribution is 5.76. The summed E-state index contributed by atoms with van der Waals surface area (Å²) in [5.41, 5.74) is 0.590. The van der Waals surface area contributed by atoms with E-state index >= 15 is 0 Å². The molecule has 2 saturated carbocycles. The third kappa shape index (κ3) is 3.49. The van der Waals surface area contributed by atoms with Crippen LogP contribution < -0.4 is 10.6 Å². The monoisotopic (exact) mass is 210 g/mol. The molecular formula is C12H22N2O. The number of rotatable bonds is 7. The van der Waals surface area contributed by atoms with Gasteiger partial charge in [-0.2, -0.15) is 0 Å². The number of carbonyl (C=O) groups is 1. The third-order valence-corrected chi connectivity index (χ3v) is 3.68. The maximum absolute atomic E-state index is 11.4. The van der Waals surface area contributed by atoms with Crippen LogP contribution in [-0.4, -0.2) is 25.0 Å². The van der Waals surface area contributed by atoms with Crippen LogP contribution in [0.3, 0.4) is 0 Å². The molecule has 0 atom stereocenters. The Balaban J connectivity index is 1.49. The lowest BCUT2D eigenvalue weighted by molar-refractivity contribution is -0.121. The minimum Gasteiger partial charge on any atom is -0.353 e. The van der Waals surface area contributed by atoms with E-state index in [-0.39, 0.29) is 5.91 Å². The van der Waals surface area contributed by atoms with E-state index in [4.69, 9.17) is 0 Å². The van der Waals surface area contributed by atoms with Crippen LogP contribution >= 0.6 is 0 Å². The van der Waals surface area contributed by atoms with Gasteiger partial charge in [0.2, 0.25) is 5.91 Å². The number of hydrogen-bond donors (Lipinski definition) is 2. The topological polar surface area (TPSA) is 41.1 Å². The summed E-state index contributed by atoms with van der Waals surface area (Å²) in [6.07, 6.45) is 7.00. The smallest absolute Gasteiger partial charge is 0.221 e. The van der Waals surface area contributed by atoms with E-state index in [2.05, 4.69) is 17.6 Å². The minimum absolute atomic E-state index is 0.214. The molecule has 3 heteroatoms. The van der Waals surface area contributed by atoms with Crippen molar-refractivity contribution in [1.82, 2.24) is 10.6 Å². The Kier molecular flexibility index (Phi) is 3.29. The van der Waals surface area contributed by atoms with Crippen LogP contribution in [-0.2, 0) is 4.79 Å². The first-order valence-electron chi connectivity index (χ1n) is 6.24. The summed E-state index contributed by atoms with van der Waals surface area (Å²) in [5.74, 6) is 0.214. The Morgan fingerprint density at radius 3 is 2.67 bits per heavy atom. The standard InChI is InChI=1S/C12H22N2O/c1-2-12(6-7-12)9-13-8-5-11(15)14-10-3-4-10/h10,13H,2-9H2,1H3,(H,14,15). The fourth-order valence-electron chi connectivity index (χ4n) is 1.92. The van der Waals surface area contributed by atoms with Crippen molar-refractivity contribution < 1.29 is 4.79 Å². The lowest BCUT2D eigenvalue weighted by Crippen LogP contribution is -2.31. The summed E-state index contributed by atoms with van der Waals surface area (Å²) in [7, 11) is 0. The van der Waals surface area contributed by atoms with Gasteiger partial charge < -0.3 is 10.6 Å². The van der Waals surface area contributed by atoms with Gasteiger partial charge in [0.25, 0.3) is 0 Å². The van der Waals surface area contributed by atoms with Crippen molar-refractivity contribution in [2.45, 2.75) is 51.5 Å². The Hall–Kier alpha value is -0.570. The Bertz CT molecular complexity index is 232. The second kappa shape index (κ2) is 4.52. The second-order valence-corrected chi connectivity index (χ2v) is 5.12. The molecule has 0 saturated heterocycles. The van der Waals surface area contributed by atoms with Gasteiger partial charge in [0.05, 0.1) is 0 Å². The number of hydrogen-bond acceptors (Lipinski definition) is 2. The van der Waals surface area contributed by atoms with E-state index in [1.807, 2.05) is 0 Å². The highest BCUT2D eigenvalue weighted by Gasteiger charge is 2.39. The molecule has 0 bridgehead atoms. The van der Waals surface area contributed by atoms with Gasteiger partial charge in [-0.1, -0.05) is 6.92 Å². The normalized spacial score (nSPS) is 22.5. The van der Waals surface area contributed by atoms with Crippen LogP contribution in [0.5, 0.6) is 0 Å². The molecule has 2 rings (SSSR count). The predicted molar refractivity (Wildman–Crippen MR) is 60.6 cm³/mol. The summed E-state index contributed by atoms with van der Waals surface area (Å²) in [5, 5.41) is 6.40. The molecule has 1 amide bonds.